The molecular weight excluding hydrogens is 227 g/mol. The van der Waals surface area contributed by atoms with E-state index in [1.54, 1.807) is 0 Å². The first-order chi connectivity index (χ1) is 5.02. The minimum absolute atomic E-state index is 0.502. The molecule has 11 heavy (non-hydrogen) atoms. The van der Waals surface area contributed by atoms with Crippen LogP contribution in [-0.4, -0.2) is 34.4 Å². The van der Waals surface area contributed by atoms with Gasteiger partial charge in [-0.15, -0.1) is 0 Å². The molecule has 0 radical (unpaired) electrons. The van der Waals surface area contributed by atoms with Gasteiger partial charge in [0, 0.05) is 0 Å². The molecule has 2 unspecified atom stereocenters. The maximum absolute atomic E-state index is 10.4. The van der Waals surface area contributed by atoms with Crippen LogP contribution >= 0.6 is 7.82 Å². The van der Waals surface area contributed by atoms with Crippen LogP contribution < -0.4 is 0 Å². The number of hydrogen-bond donors (Lipinski definition) is 3. The van der Waals surface area contributed by atoms with E-state index in [1.165, 1.54) is 0 Å². The van der Waals surface area contributed by atoms with E-state index in [4.69, 9.17) is 15.1 Å². The van der Waals surface area contributed by atoms with Crippen molar-refractivity contribution in [3.63, 3.8) is 0 Å². The number of rotatable bonds is 5. The number of phosphoric acid groups is 1. The Kier molecular flexibility index (Phi) is 5.50. The van der Waals surface area contributed by atoms with Gasteiger partial charge in [0.15, 0.2) is 0 Å². The molecule has 0 amide bonds. The summed E-state index contributed by atoms with van der Waals surface area (Å²) in [7, 11) is -4.21. The van der Waals surface area contributed by atoms with Crippen LogP contribution in [0.2, 0.25) is 0 Å². The maximum atomic E-state index is 10.4. The second-order valence-corrected chi connectivity index (χ2v) is 3.48. The van der Waals surface area contributed by atoms with E-state index in [9.17, 15) is 4.57 Å². The fourth-order valence-corrected chi connectivity index (χ4v) is 0.790. The zero-order valence-electron chi connectivity index (χ0n) is 5.31. The molecule has 0 heterocycles. The van der Waals surface area contributed by atoms with E-state index in [0.717, 1.165) is 0 Å². The molecule has 72 valence electrons. The van der Waals surface area contributed by atoms with Gasteiger partial charge >= 0.3 is 71.3 Å². The van der Waals surface area contributed by atoms with E-state index in [1.807, 2.05) is 0 Å². The molecule has 0 aliphatic rings. The number of aliphatic hydroxyl groups is 2. The van der Waals surface area contributed by atoms with Gasteiger partial charge in [-0.2, -0.15) is 0 Å². The topological polar surface area (TPSA) is 96.2 Å². The first kappa shape index (κ1) is 11.5. The van der Waals surface area contributed by atoms with E-state index in [2.05, 4.69) is 24.5 Å². The van der Waals surface area contributed by atoms with Gasteiger partial charge in [0.1, 0.15) is 0 Å². The van der Waals surface area contributed by atoms with Crippen molar-refractivity contribution in [1.82, 2.24) is 0 Å². The molecule has 2 atom stereocenters. The van der Waals surface area contributed by atoms with Gasteiger partial charge in [-0.05, 0) is 0 Å². The van der Waals surface area contributed by atoms with Crippen LogP contribution in [0.3, 0.4) is 0 Å². The first-order valence-corrected chi connectivity index (χ1v) is 4.43. The first-order valence-electron chi connectivity index (χ1n) is 2.55. The summed E-state index contributed by atoms with van der Waals surface area (Å²) in [6.07, 6.45) is -1.21. The van der Waals surface area contributed by atoms with Crippen LogP contribution in [0.4, 0.5) is 0 Å². The van der Waals surface area contributed by atoms with Crippen LogP contribution in [0.15, 0.2) is 0 Å². The molecule has 0 bridgehead atoms. The second-order valence-electron chi connectivity index (χ2n) is 1.66. The van der Waals surface area contributed by atoms with Gasteiger partial charge in [-0.25, -0.2) is 0 Å². The molecule has 0 fully saturated rings. The monoisotopic (exact) mass is 234 g/mol. The Morgan fingerprint density at radius 3 is 2.55 bits per heavy atom. The van der Waals surface area contributed by atoms with Crippen LogP contribution in [0, 0.1) is 0 Å². The predicted octanol–water partition coefficient (Wildman–Crippen LogP) is -1.07. The Morgan fingerprint density at radius 1 is 1.64 bits per heavy atom. The second kappa shape index (κ2) is 5.24. The molecule has 0 aliphatic carbocycles. The SMILES string of the molecule is O=P(O)([O][Cu])OCC(O)CO. The third kappa shape index (κ3) is 5.78. The molecule has 0 rings (SSSR count). The Morgan fingerprint density at radius 2 is 2.18 bits per heavy atom. The van der Waals surface area contributed by atoms with Crippen molar-refractivity contribution in [1.29, 1.82) is 0 Å². The summed E-state index contributed by atoms with van der Waals surface area (Å²) in [5.74, 6) is 0. The number of phosphoric ester groups is 1. The van der Waals surface area contributed by atoms with Gasteiger partial charge in [0.05, 0.1) is 0 Å². The van der Waals surface area contributed by atoms with Crippen LogP contribution in [0.25, 0.3) is 0 Å². The van der Waals surface area contributed by atoms with E-state index < -0.39 is 27.1 Å². The molecule has 0 aromatic carbocycles. The van der Waals surface area contributed by atoms with Crippen LogP contribution in [0.5, 0.6) is 0 Å². The summed E-state index contributed by atoms with van der Waals surface area (Å²) in [6, 6.07) is 0. The molecule has 0 aromatic rings. The van der Waals surface area contributed by atoms with Gasteiger partial charge < -0.3 is 0 Å². The summed E-state index contributed by atoms with van der Waals surface area (Å²) < 4.78 is 18.1. The zero-order chi connectivity index (χ0) is 8.91. The molecule has 0 spiro atoms. The fourth-order valence-electron chi connectivity index (χ4n) is 0.249. The van der Waals surface area contributed by atoms with Crippen molar-refractivity contribution in [2.75, 3.05) is 13.2 Å². The van der Waals surface area contributed by atoms with Gasteiger partial charge in [0.2, 0.25) is 0 Å². The molecule has 0 saturated heterocycles. The molecule has 0 aromatic heterocycles. The fraction of sp³-hybridized carbons (Fsp3) is 1.00. The quantitative estimate of drug-likeness (QED) is 0.414. The molecule has 8 heteroatoms. The van der Waals surface area contributed by atoms with Gasteiger partial charge in [-0.3, -0.25) is 0 Å². The Balaban J connectivity index is 3.61. The van der Waals surface area contributed by atoms with Crippen molar-refractivity contribution >= 4 is 7.82 Å². The van der Waals surface area contributed by atoms with Gasteiger partial charge in [0.25, 0.3) is 0 Å². The number of aliphatic hydroxyl groups excluding tert-OH is 2. The Bertz CT molecular complexity index is 151. The van der Waals surface area contributed by atoms with Crippen molar-refractivity contribution in [2.45, 2.75) is 6.10 Å². The van der Waals surface area contributed by atoms with Gasteiger partial charge in [-0.1, -0.05) is 0 Å². The van der Waals surface area contributed by atoms with Crippen LogP contribution in [0.1, 0.15) is 0 Å². The summed E-state index contributed by atoms with van der Waals surface area (Å²) in [5.41, 5.74) is 0. The summed E-state index contributed by atoms with van der Waals surface area (Å²) in [6.45, 7) is -1.06. The number of hydrogen-bond acceptors (Lipinski definition) is 5. The van der Waals surface area contributed by atoms with E-state index in [0.29, 0.717) is 0 Å². The molecular formula is C3H8CuO6P. The summed E-state index contributed by atoms with van der Waals surface area (Å²) in [4.78, 5) is 8.48. The molecule has 0 aliphatic heterocycles. The van der Waals surface area contributed by atoms with Crippen molar-refractivity contribution < 1.29 is 44.1 Å². The van der Waals surface area contributed by atoms with Crippen molar-refractivity contribution in [3.8, 4) is 0 Å². The van der Waals surface area contributed by atoms with Crippen LogP contribution in [-0.2, 0) is 29.0 Å². The molecule has 3 N–H and O–H groups in total. The van der Waals surface area contributed by atoms with Crippen molar-refractivity contribution in [3.05, 3.63) is 0 Å². The molecule has 0 saturated carbocycles. The van der Waals surface area contributed by atoms with Crippen molar-refractivity contribution in [2.24, 2.45) is 0 Å². The Labute approximate surface area is 71.9 Å². The average molecular weight is 235 g/mol. The third-order valence-corrected chi connectivity index (χ3v) is 1.98. The standard InChI is InChI=1S/C3H9O6P.Cu/c4-1-3(5)2-9-10(6,7)8;/h3-5H,1-2H2,(H2,6,7,8);/q;+1/p-1. The molecule has 6 nitrogen and oxygen atoms in total. The van der Waals surface area contributed by atoms with E-state index in [-0.39, 0.29) is 0 Å². The third-order valence-electron chi connectivity index (χ3n) is 0.710. The average Bonchev–Trinajstić information content (AvgIpc) is 2.00. The summed E-state index contributed by atoms with van der Waals surface area (Å²) >= 11 is 3.93. The Hall–Kier alpha value is 0.549. The zero-order valence-corrected chi connectivity index (χ0v) is 7.14. The van der Waals surface area contributed by atoms with E-state index >= 15 is 0 Å². The predicted molar refractivity (Wildman–Crippen MR) is 30.0 cm³/mol. The normalized spacial score (nSPS) is 19.4. The summed E-state index contributed by atoms with van der Waals surface area (Å²) in [5, 5.41) is 16.9. The minimum atomic E-state index is -4.21.